The van der Waals surface area contributed by atoms with Crippen LogP contribution in [0.4, 0.5) is 5.88 Å². The number of anilines is 1. The molecule has 3 heterocycles. The average molecular weight is 370 g/mol. The van der Waals surface area contributed by atoms with Crippen molar-refractivity contribution in [1.82, 2.24) is 15.0 Å². The molecule has 1 saturated heterocycles. The SMILES string of the molecule is Cc1cc(NC(=O)C(C)N2CCN(Cc3ccc4c(c3)CCO4)CC2)on1. The third-order valence-corrected chi connectivity index (χ3v) is 5.37. The maximum atomic E-state index is 12.4. The summed E-state index contributed by atoms with van der Waals surface area (Å²) in [6, 6.07) is 8.04. The molecule has 0 radical (unpaired) electrons. The number of piperazine rings is 1. The number of amides is 1. The van der Waals surface area contributed by atoms with Crippen molar-refractivity contribution in [3.8, 4) is 5.75 Å². The molecule has 0 saturated carbocycles. The van der Waals surface area contributed by atoms with Gasteiger partial charge in [0.15, 0.2) is 0 Å². The zero-order chi connectivity index (χ0) is 18.8. The normalized spacial score (nSPS) is 18.7. The molecule has 0 aliphatic carbocycles. The highest BCUT2D eigenvalue weighted by Crippen LogP contribution is 2.26. The first kappa shape index (κ1) is 18.0. The number of rotatable bonds is 5. The Labute approximate surface area is 159 Å². The molecule has 1 amide bonds. The van der Waals surface area contributed by atoms with Crippen LogP contribution < -0.4 is 10.1 Å². The number of nitrogens with zero attached hydrogens (tertiary/aromatic N) is 3. The first-order valence-corrected chi connectivity index (χ1v) is 9.54. The molecule has 2 aliphatic heterocycles. The summed E-state index contributed by atoms with van der Waals surface area (Å²) in [5.41, 5.74) is 3.41. The van der Waals surface area contributed by atoms with Gasteiger partial charge in [-0.1, -0.05) is 17.3 Å². The summed E-state index contributed by atoms with van der Waals surface area (Å²) in [5, 5.41) is 6.59. The second kappa shape index (κ2) is 7.70. The van der Waals surface area contributed by atoms with Gasteiger partial charge in [0, 0.05) is 45.2 Å². The van der Waals surface area contributed by atoms with Crippen molar-refractivity contribution in [1.29, 1.82) is 0 Å². The summed E-state index contributed by atoms with van der Waals surface area (Å²) in [7, 11) is 0. The lowest BCUT2D eigenvalue weighted by Crippen LogP contribution is -2.52. The highest BCUT2D eigenvalue weighted by molar-refractivity contribution is 5.93. The zero-order valence-electron chi connectivity index (χ0n) is 15.9. The Balaban J connectivity index is 1.27. The molecular formula is C20H26N4O3. The van der Waals surface area contributed by atoms with Crippen molar-refractivity contribution in [3.63, 3.8) is 0 Å². The van der Waals surface area contributed by atoms with Crippen molar-refractivity contribution >= 4 is 11.8 Å². The van der Waals surface area contributed by atoms with Crippen molar-refractivity contribution in [2.75, 3.05) is 38.1 Å². The highest BCUT2D eigenvalue weighted by Gasteiger charge is 2.26. The van der Waals surface area contributed by atoms with Crippen LogP contribution in [0.15, 0.2) is 28.8 Å². The number of aromatic nitrogens is 1. The number of nitrogens with one attached hydrogen (secondary N) is 1. The lowest BCUT2D eigenvalue weighted by Gasteiger charge is -2.37. The van der Waals surface area contributed by atoms with E-state index in [1.807, 2.05) is 13.8 Å². The first-order valence-electron chi connectivity index (χ1n) is 9.54. The van der Waals surface area contributed by atoms with Gasteiger partial charge in [-0.2, -0.15) is 0 Å². The Bertz CT molecular complexity index is 811. The van der Waals surface area contributed by atoms with Crippen LogP contribution >= 0.6 is 0 Å². The van der Waals surface area contributed by atoms with Crippen molar-refractivity contribution in [3.05, 3.63) is 41.1 Å². The maximum Gasteiger partial charge on any atom is 0.243 e. The molecule has 0 bridgehead atoms. The summed E-state index contributed by atoms with van der Waals surface area (Å²) in [6.45, 7) is 9.16. The summed E-state index contributed by atoms with van der Waals surface area (Å²) in [5.74, 6) is 1.38. The van der Waals surface area contributed by atoms with E-state index in [9.17, 15) is 4.79 Å². The Morgan fingerprint density at radius 2 is 2.07 bits per heavy atom. The monoisotopic (exact) mass is 370 g/mol. The molecule has 27 heavy (non-hydrogen) atoms. The van der Waals surface area contributed by atoms with Crippen LogP contribution in [0.25, 0.3) is 0 Å². The number of benzene rings is 1. The number of aryl methyl sites for hydroxylation is 1. The van der Waals surface area contributed by atoms with Gasteiger partial charge in [0.25, 0.3) is 0 Å². The Kier molecular flexibility index (Phi) is 5.13. The molecule has 2 aliphatic rings. The molecule has 144 valence electrons. The molecular weight excluding hydrogens is 344 g/mol. The second-order valence-electron chi connectivity index (χ2n) is 7.35. The molecule has 7 nitrogen and oxygen atoms in total. The minimum absolute atomic E-state index is 0.0572. The van der Waals surface area contributed by atoms with Gasteiger partial charge in [0.1, 0.15) is 5.75 Å². The van der Waals surface area contributed by atoms with Crippen LogP contribution in [-0.2, 0) is 17.8 Å². The predicted molar refractivity (Wildman–Crippen MR) is 102 cm³/mol. The Morgan fingerprint density at radius 3 is 2.81 bits per heavy atom. The molecule has 1 aromatic heterocycles. The van der Waals surface area contributed by atoms with Gasteiger partial charge >= 0.3 is 0 Å². The fraction of sp³-hybridized carbons (Fsp3) is 0.500. The minimum atomic E-state index is -0.199. The van der Waals surface area contributed by atoms with Crippen LogP contribution in [0.2, 0.25) is 0 Å². The quantitative estimate of drug-likeness (QED) is 0.869. The van der Waals surface area contributed by atoms with Gasteiger partial charge in [0.2, 0.25) is 11.8 Å². The number of carbonyl (C=O) groups excluding carboxylic acids is 1. The fourth-order valence-corrected chi connectivity index (χ4v) is 3.72. The third-order valence-electron chi connectivity index (χ3n) is 5.37. The van der Waals surface area contributed by atoms with Gasteiger partial charge in [0.05, 0.1) is 18.3 Å². The van der Waals surface area contributed by atoms with Crippen molar-refractivity contribution < 1.29 is 14.1 Å². The van der Waals surface area contributed by atoms with Crippen LogP contribution in [-0.4, -0.2) is 59.7 Å². The zero-order valence-corrected chi connectivity index (χ0v) is 15.9. The first-order chi connectivity index (χ1) is 13.1. The third kappa shape index (κ3) is 4.14. The molecule has 7 heteroatoms. The van der Waals surface area contributed by atoms with Gasteiger partial charge in [-0.25, -0.2) is 0 Å². The predicted octanol–water partition coefficient (Wildman–Crippen LogP) is 2.06. The van der Waals surface area contributed by atoms with E-state index >= 15 is 0 Å². The summed E-state index contributed by atoms with van der Waals surface area (Å²) >= 11 is 0. The van der Waals surface area contributed by atoms with Crippen LogP contribution in [0, 0.1) is 6.92 Å². The number of ether oxygens (including phenoxy) is 1. The summed E-state index contributed by atoms with van der Waals surface area (Å²) < 4.78 is 10.7. The lowest BCUT2D eigenvalue weighted by atomic mass is 10.1. The van der Waals surface area contributed by atoms with E-state index in [4.69, 9.17) is 9.26 Å². The van der Waals surface area contributed by atoms with E-state index < -0.39 is 0 Å². The average Bonchev–Trinajstić information content (AvgIpc) is 3.30. The van der Waals surface area contributed by atoms with E-state index in [1.165, 1.54) is 11.1 Å². The smallest absolute Gasteiger partial charge is 0.243 e. The number of hydrogen-bond donors (Lipinski definition) is 1. The van der Waals surface area contributed by atoms with E-state index in [-0.39, 0.29) is 11.9 Å². The van der Waals surface area contributed by atoms with Gasteiger partial charge in [-0.05, 0) is 31.0 Å². The van der Waals surface area contributed by atoms with E-state index in [2.05, 4.69) is 38.5 Å². The maximum absolute atomic E-state index is 12.4. The Hall–Kier alpha value is -2.38. The van der Waals surface area contributed by atoms with Gasteiger partial charge < -0.3 is 9.26 Å². The van der Waals surface area contributed by atoms with E-state index in [0.29, 0.717) is 5.88 Å². The lowest BCUT2D eigenvalue weighted by molar-refractivity contribution is -0.121. The number of hydrogen-bond acceptors (Lipinski definition) is 6. The van der Waals surface area contributed by atoms with Crippen LogP contribution in [0.5, 0.6) is 5.75 Å². The van der Waals surface area contributed by atoms with Crippen LogP contribution in [0.3, 0.4) is 0 Å². The molecule has 2 aromatic rings. The minimum Gasteiger partial charge on any atom is -0.493 e. The molecule has 1 unspecified atom stereocenters. The Morgan fingerprint density at radius 1 is 1.26 bits per heavy atom. The summed E-state index contributed by atoms with van der Waals surface area (Å²) in [4.78, 5) is 17.1. The second-order valence-corrected chi connectivity index (χ2v) is 7.35. The summed E-state index contributed by atoms with van der Waals surface area (Å²) in [6.07, 6.45) is 1.01. The number of carbonyl (C=O) groups is 1. The van der Waals surface area contributed by atoms with Crippen molar-refractivity contribution in [2.24, 2.45) is 0 Å². The number of fused-ring (bicyclic) bond motifs is 1. The molecule has 4 rings (SSSR count). The topological polar surface area (TPSA) is 70.8 Å². The van der Waals surface area contributed by atoms with Crippen molar-refractivity contribution in [2.45, 2.75) is 32.9 Å². The largest absolute Gasteiger partial charge is 0.493 e. The molecule has 1 aromatic carbocycles. The molecule has 1 fully saturated rings. The van der Waals surface area contributed by atoms with Gasteiger partial charge in [-0.3, -0.25) is 19.9 Å². The van der Waals surface area contributed by atoms with Gasteiger partial charge in [-0.15, -0.1) is 0 Å². The van der Waals surface area contributed by atoms with Crippen LogP contribution in [0.1, 0.15) is 23.7 Å². The highest BCUT2D eigenvalue weighted by atomic mass is 16.5. The molecule has 1 N–H and O–H groups in total. The van der Waals surface area contributed by atoms with E-state index in [0.717, 1.165) is 57.2 Å². The van der Waals surface area contributed by atoms with E-state index in [1.54, 1.807) is 6.07 Å². The molecule has 1 atom stereocenters. The standard InChI is InChI=1S/C20H26N4O3/c1-14-11-19(27-22-14)21-20(25)15(2)24-8-6-23(7-9-24)13-16-3-4-18-17(12-16)5-10-26-18/h3-4,11-12,15H,5-10,13H2,1-2H3,(H,21,25). The molecule has 0 spiro atoms. The fourth-order valence-electron chi connectivity index (χ4n) is 3.72.